The van der Waals surface area contributed by atoms with Gasteiger partial charge in [-0.1, -0.05) is 23.8 Å². The Hall–Kier alpha value is -1.98. The van der Waals surface area contributed by atoms with Gasteiger partial charge in [0.05, 0.1) is 17.8 Å². The molecule has 0 spiro atoms. The van der Waals surface area contributed by atoms with E-state index in [9.17, 15) is 4.79 Å². The van der Waals surface area contributed by atoms with Gasteiger partial charge in [0.15, 0.2) is 0 Å². The molecular formula is C19H21N3OS. The first kappa shape index (κ1) is 15.5. The first-order valence-corrected chi connectivity index (χ1v) is 9.30. The molecule has 1 aromatic carbocycles. The largest absolute Gasteiger partial charge is 0.315 e. The molecule has 1 aliphatic rings. The Kier molecular flexibility index (Phi) is 3.98. The van der Waals surface area contributed by atoms with E-state index >= 15 is 0 Å². The number of aromatic nitrogens is 2. The van der Waals surface area contributed by atoms with Crippen LogP contribution in [0.25, 0.3) is 21.3 Å². The molecule has 24 heavy (non-hydrogen) atoms. The van der Waals surface area contributed by atoms with Gasteiger partial charge in [-0.25, -0.2) is 4.98 Å². The minimum Gasteiger partial charge on any atom is -0.315 e. The summed E-state index contributed by atoms with van der Waals surface area (Å²) in [5.41, 5.74) is 4.64. The van der Waals surface area contributed by atoms with E-state index in [1.807, 2.05) is 4.57 Å². The lowest BCUT2D eigenvalue weighted by atomic mass is 9.99. The number of rotatable bonds is 2. The number of thiophene rings is 1. The molecule has 0 amide bonds. The zero-order chi connectivity index (χ0) is 16.7. The van der Waals surface area contributed by atoms with E-state index in [-0.39, 0.29) is 11.6 Å². The van der Waals surface area contributed by atoms with E-state index in [1.165, 1.54) is 11.1 Å². The smallest absolute Gasteiger partial charge is 0.263 e. The lowest BCUT2D eigenvalue weighted by molar-refractivity contribution is 0.363. The Morgan fingerprint density at radius 2 is 2.17 bits per heavy atom. The topological polar surface area (TPSA) is 46.9 Å². The van der Waals surface area contributed by atoms with E-state index in [4.69, 9.17) is 0 Å². The van der Waals surface area contributed by atoms with Crippen molar-refractivity contribution in [3.63, 3.8) is 0 Å². The van der Waals surface area contributed by atoms with Crippen LogP contribution in [0.15, 0.2) is 34.7 Å². The second kappa shape index (κ2) is 6.15. The maximum absolute atomic E-state index is 13.2. The highest BCUT2D eigenvalue weighted by Gasteiger charge is 2.20. The Labute approximate surface area is 145 Å². The van der Waals surface area contributed by atoms with E-state index in [0.717, 1.165) is 47.3 Å². The van der Waals surface area contributed by atoms with Gasteiger partial charge in [-0.15, -0.1) is 11.3 Å². The van der Waals surface area contributed by atoms with Gasteiger partial charge in [0.1, 0.15) is 4.83 Å². The fourth-order valence-electron chi connectivity index (χ4n) is 3.50. The quantitative estimate of drug-likeness (QED) is 0.775. The molecular weight excluding hydrogens is 318 g/mol. The molecule has 124 valence electrons. The lowest BCUT2D eigenvalue weighted by Crippen LogP contribution is -2.36. The minimum absolute atomic E-state index is 0.0888. The van der Waals surface area contributed by atoms with Crippen molar-refractivity contribution in [1.82, 2.24) is 14.9 Å². The van der Waals surface area contributed by atoms with Crippen molar-refractivity contribution < 1.29 is 0 Å². The Balaban J connectivity index is 1.91. The summed E-state index contributed by atoms with van der Waals surface area (Å²) in [6, 6.07) is 6.59. The highest BCUT2D eigenvalue weighted by molar-refractivity contribution is 7.17. The van der Waals surface area contributed by atoms with Crippen molar-refractivity contribution in [2.24, 2.45) is 0 Å². The molecule has 1 fully saturated rings. The number of benzene rings is 1. The van der Waals surface area contributed by atoms with E-state index in [2.05, 4.69) is 47.7 Å². The van der Waals surface area contributed by atoms with Crippen molar-refractivity contribution in [1.29, 1.82) is 0 Å². The van der Waals surface area contributed by atoms with E-state index in [0.29, 0.717) is 0 Å². The summed E-state index contributed by atoms with van der Waals surface area (Å²) in [6.45, 7) is 6.06. The van der Waals surface area contributed by atoms with Crippen LogP contribution in [0.3, 0.4) is 0 Å². The number of fused-ring (bicyclic) bond motifs is 1. The molecule has 3 aromatic rings. The third-order valence-corrected chi connectivity index (χ3v) is 5.75. The monoisotopic (exact) mass is 339 g/mol. The van der Waals surface area contributed by atoms with Crippen LogP contribution in [-0.4, -0.2) is 22.6 Å². The van der Waals surface area contributed by atoms with Gasteiger partial charge in [-0.2, -0.15) is 0 Å². The van der Waals surface area contributed by atoms with Crippen LogP contribution in [0.2, 0.25) is 0 Å². The number of nitrogens with zero attached hydrogens (tertiary/aromatic N) is 2. The van der Waals surface area contributed by atoms with Crippen LogP contribution in [-0.2, 0) is 0 Å². The van der Waals surface area contributed by atoms with Crippen molar-refractivity contribution in [3.05, 3.63) is 51.4 Å². The molecule has 0 unspecified atom stereocenters. The second-order valence-electron chi connectivity index (χ2n) is 6.61. The van der Waals surface area contributed by atoms with Gasteiger partial charge in [-0.3, -0.25) is 9.36 Å². The molecule has 0 aliphatic carbocycles. The predicted molar refractivity (Wildman–Crippen MR) is 99.9 cm³/mol. The van der Waals surface area contributed by atoms with Gasteiger partial charge < -0.3 is 5.32 Å². The molecule has 1 saturated heterocycles. The van der Waals surface area contributed by atoms with Crippen LogP contribution >= 0.6 is 11.3 Å². The number of nitrogens with one attached hydrogen (secondary N) is 1. The summed E-state index contributed by atoms with van der Waals surface area (Å²) in [7, 11) is 0. The molecule has 4 rings (SSSR count). The fourth-order valence-corrected chi connectivity index (χ4v) is 4.40. The SMILES string of the molecule is Cc1ccc(C)c(-c2csc3ncn([C@@H]4CCCNC4)c(=O)c23)c1. The zero-order valence-corrected chi connectivity index (χ0v) is 14.8. The molecule has 2 aromatic heterocycles. The average molecular weight is 339 g/mol. The number of hydrogen-bond acceptors (Lipinski definition) is 4. The van der Waals surface area contributed by atoms with Crippen molar-refractivity contribution in [3.8, 4) is 11.1 Å². The number of hydrogen-bond donors (Lipinski definition) is 1. The second-order valence-corrected chi connectivity index (χ2v) is 7.46. The third-order valence-electron chi connectivity index (χ3n) is 4.87. The summed E-state index contributed by atoms with van der Waals surface area (Å²) in [4.78, 5) is 18.6. The molecule has 5 heteroatoms. The summed E-state index contributed by atoms with van der Waals surface area (Å²) >= 11 is 1.55. The first-order valence-electron chi connectivity index (χ1n) is 8.42. The predicted octanol–water partition coefficient (Wildman–Crippen LogP) is 3.67. The van der Waals surface area contributed by atoms with Gasteiger partial charge in [0.2, 0.25) is 0 Å². The lowest BCUT2D eigenvalue weighted by Gasteiger charge is -2.24. The van der Waals surface area contributed by atoms with Crippen molar-refractivity contribution in [2.75, 3.05) is 13.1 Å². The third kappa shape index (κ3) is 2.58. The Bertz CT molecular complexity index is 951. The van der Waals surface area contributed by atoms with Gasteiger partial charge in [-0.05, 0) is 44.4 Å². The normalized spacial score (nSPS) is 18.2. The number of aryl methyl sites for hydroxylation is 2. The van der Waals surface area contributed by atoms with Crippen molar-refractivity contribution in [2.45, 2.75) is 32.7 Å². The summed E-state index contributed by atoms with van der Waals surface area (Å²) in [5, 5.41) is 6.22. The van der Waals surface area contributed by atoms with Gasteiger partial charge in [0.25, 0.3) is 5.56 Å². The maximum atomic E-state index is 13.2. The number of piperidine rings is 1. The highest BCUT2D eigenvalue weighted by atomic mass is 32.1. The molecule has 0 bridgehead atoms. The summed E-state index contributed by atoms with van der Waals surface area (Å²) in [5.74, 6) is 0. The van der Waals surface area contributed by atoms with Crippen LogP contribution in [0, 0.1) is 13.8 Å². The zero-order valence-electron chi connectivity index (χ0n) is 14.0. The first-order chi connectivity index (χ1) is 11.6. The molecule has 0 radical (unpaired) electrons. The van der Waals surface area contributed by atoms with Crippen LogP contribution in [0.4, 0.5) is 0 Å². The van der Waals surface area contributed by atoms with Crippen LogP contribution < -0.4 is 10.9 Å². The van der Waals surface area contributed by atoms with E-state index < -0.39 is 0 Å². The maximum Gasteiger partial charge on any atom is 0.263 e. The van der Waals surface area contributed by atoms with Crippen LogP contribution in [0.5, 0.6) is 0 Å². The molecule has 1 atom stereocenters. The van der Waals surface area contributed by atoms with Gasteiger partial charge in [0, 0.05) is 17.5 Å². The fraction of sp³-hybridized carbons (Fsp3) is 0.368. The molecule has 3 heterocycles. The standard InChI is InChI=1S/C19H21N3OS/c1-12-5-6-13(2)15(8-12)16-10-24-18-17(16)19(23)22(11-21-18)14-4-3-7-20-9-14/h5-6,8,10-11,14,20H,3-4,7,9H2,1-2H3/t14-/m1/s1. The Morgan fingerprint density at radius 1 is 1.29 bits per heavy atom. The minimum atomic E-state index is 0.0888. The Morgan fingerprint density at radius 3 is 2.96 bits per heavy atom. The van der Waals surface area contributed by atoms with Gasteiger partial charge >= 0.3 is 0 Å². The summed E-state index contributed by atoms with van der Waals surface area (Å²) in [6.07, 6.45) is 3.86. The molecule has 1 N–H and O–H groups in total. The average Bonchev–Trinajstić information content (AvgIpc) is 3.03. The van der Waals surface area contributed by atoms with Crippen LogP contribution in [0.1, 0.15) is 30.0 Å². The molecule has 1 aliphatic heterocycles. The highest BCUT2D eigenvalue weighted by Crippen LogP contribution is 2.33. The molecule has 0 saturated carbocycles. The summed E-state index contributed by atoms with van der Waals surface area (Å²) < 4.78 is 1.83. The van der Waals surface area contributed by atoms with E-state index in [1.54, 1.807) is 17.7 Å². The van der Waals surface area contributed by atoms with Crippen molar-refractivity contribution >= 4 is 21.6 Å². The molecule has 4 nitrogen and oxygen atoms in total.